The van der Waals surface area contributed by atoms with Gasteiger partial charge in [-0.2, -0.15) is 0 Å². The Balaban J connectivity index is 1.39. The second kappa shape index (κ2) is 6.27. The third-order valence-electron chi connectivity index (χ3n) is 5.47. The summed E-state index contributed by atoms with van der Waals surface area (Å²) in [5.74, 6) is 0.893. The highest BCUT2D eigenvalue weighted by Gasteiger charge is 2.40. The third kappa shape index (κ3) is 2.77. The van der Waals surface area contributed by atoms with Gasteiger partial charge in [-0.1, -0.05) is 17.7 Å². The maximum Gasteiger partial charge on any atom is 0.254 e. The highest BCUT2D eigenvalue weighted by Crippen LogP contribution is 2.44. The smallest absolute Gasteiger partial charge is 0.254 e. The van der Waals surface area contributed by atoms with Crippen LogP contribution in [0, 0.1) is 5.82 Å². The quantitative estimate of drug-likeness (QED) is 0.772. The zero-order valence-electron chi connectivity index (χ0n) is 14.5. The second-order valence-corrected chi connectivity index (χ2v) is 7.47. The Kier molecular flexibility index (Phi) is 3.86. The Bertz CT molecular complexity index is 987. The van der Waals surface area contributed by atoms with E-state index in [1.54, 1.807) is 30.3 Å². The molecule has 0 radical (unpaired) electrons. The average molecular weight is 386 g/mol. The summed E-state index contributed by atoms with van der Waals surface area (Å²) >= 11 is 5.93. The second-order valence-electron chi connectivity index (χ2n) is 7.06. The van der Waals surface area contributed by atoms with E-state index in [0.717, 1.165) is 18.4 Å². The fourth-order valence-electron chi connectivity index (χ4n) is 4.16. The summed E-state index contributed by atoms with van der Waals surface area (Å²) < 4.78 is 24.5. The number of rotatable bonds is 2. The SMILES string of the molecule is O=C(c1ccc2c(c1)OCCO2)N1CC2=C(c3ccc(F)c(Cl)c3)CC1C2. The Labute approximate surface area is 161 Å². The Morgan fingerprint density at radius 1 is 1.07 bits per heavy atom. The van der Waals surface area contributed by atoms with E-state index in [4.69, 9.17) is 21.1 Å². The molecule has 1 fully saturated rings. The number of ether oxygens (including phenoxy) is 2. The molecule has 1 amide bonds. The molecule has 5 rings (SSSR count). The van der Waals surface area contributed by atoms with Gasteiger partial charge in [-0.3, -0.25) is 4.79 Å². The fourth-order valence-corrected chi connectivity index (χ4v) is 4.34. The number of carbonyl (C=O) groups is 1. The van der Waals surface area contributed by atoms with Gasteiger partial charge in [-0.05, 0) is 59.9 Å². The molecule has 27 heavy (non-hydrogen) atoms. The molecule has 138 valence electrons. The van der Waals surface area contributed by atoms with Crippen LogP contribution in [0.1, 0.15) is 28.8 Å². The van der Waals surface area contributed by atoms with Crippen LogP contribution in [0.5, 0.6) is 11.5 Å². The summed E-state index contributed by atoms with van der Waals surface area (Å²) in [6, 6.07) is 10.3. The summed E-state index contributed by atoms with van der Waals surface area (Å²) in [4.78, 5) is 14.9. The minimum atomic E-state index is -0.412. The summed E-state index contributed by atoms with van der Waals surface area (Å²) in [5.41, 5.74) is 3.98. The highest BCUT2D eigenvalue weighted by atomic mass is 35.5. The molecule has 2 heterocycles. The maximum absolute atomic E-state index is 13.4. The molecule has 1 saturated heterocycles. The molecule has 1 unspecified atom stereocenters. The summed E-state index contributed by atoms with van der Waals surface area (Å²) in [7, 11) is 0. The number of fused-ring (bicyclic) bond motifs is 3. The van der Waals surface area contributed by atoms with Crippen molar-refractivity contribution in [1.82, 2.24) is 4.90 Å². The standard InChI is InChI=1S/C21H17ClFNO3/c22-17-8-12(1-3-18(17)23)16-10-15-7-14(16)11-24(15)21(25)13-2-4-19-20(9-13)27-6-5-26-19/h1-4,8-9,15H,5-7,10-11H2. The first kappa shape index (κ1) is 16.6. The van der Waals surface area contributed by atoms with Gasteiger partial charge in [-0.15, -0.1) is 0 Å². The number of hydrogen-bond donors (Lipinski definition) is 0. The van der Waals surface area contributed by atoms with Crippen LogP contribution in [0.25, 0.3) is 5.57 Å². The number of amides is 1. The van der Waals surface area contributed by atoms with E-state index in [1.807, 2.05) is 4.90 Å². The first-order valence-corrected chi connectivity index (χ1v) is 9.35. The van der Waals surface area contributed by atoms with Crippen molar-refractivity contribution in [3.05, 3.63) is 63.9 Å². The zero-order chi connectivity index (χ0) is 18.5. The van der Waals surface area contributed by atoms with E-state index in [9.17, 15) is 9.18 Å². The Morgan fingerprint density at radius 2 is 1.89 bits per heavy atom. The van der Waals surface area contributed by atoms with Crippen molar-refractivity contribution in [2.45, 2.75) is 18.9 Å². The van der Waals surface area contributed by atoms with Crippen LogP contribution in [0.3, 0.4) is 0 Å². The van der Waals surface area contributed by atoms with Gasteiger partial charge in [-0.25, -0.2) is 4.39 Å². The van der Waals surface area contributed by atoms with Crippen LogP contribution in [0.2, 0.25) is 5.02 Å². The molecule has 0 saturated carbocycles. The summed E-state index contributed by atoms with van der Waals surface area (Å²) in [5, 5.41) is 0.132. The number of hydrogen-bond acceptors (Lipinski definition) is 3. The van der Waals surface area contributed by atoms with Crippen molar-refractivity contribution in [3.8, 4) is 11.5 Å². The van der Waals surface area contributed by atoms with Crippen molar-refractivity contribution < 1.29 is 18.7 Å². The first-order valence-electron chi connectivity index (χ1n) is 8.97. The van der Waals surface area contributed by atoms with Gasteiger partial charge in [0.05, 0.1) is 5.02 Å². The predicted octanol–water partition coefficient (Wildman–Crippen LogP) is 4.32. The lowest BCUT2D eigenvalue weighted by Gasteiger charge is -2.28. The lowest BCUT2D eigenvalue weighted by atomic mass is 9.99. The lowest BCUT2D eigenvalue weighted by molar-refractivity contribution is 0.0738. The van der Waals surface area contributed by atoms with E-state index >= 15 is 0 Å². The molecular formula is C21H17ClFNO3. The highest BCUT2D eigenvalue weighted by molar-refractivity contribution is 6.30. The zero-order valence-corrected chi connectivity index (χ0v) is 15.3. The van der Waals surface area contributed by atoms with Gasteiger partial charge in [0.2, 0.25) is 0 Å². The number of likely N-dealkylation sites (tertiary alicyclic amines) is 1. The van der Waals surface area contributed by atoms with Crippen LogP contribution >= 0.6 is 11.6 Å². The Morgan fingerprint density at radius 3 is 2.63 bits per heavy atom. The van der Waals surface area contributed by atoms with Gasteiger partial charge in [0.25, 0.3) is 5.91 Å². The topological polar surface area (TPSA) is 38.8 Å². The maximum atomic E-state index is 13.4. The van der Waals surface area contributed by atoms with Crippen molar-refractivity contribution in [2.75, 3.05) is 19.8 Å². The van der Waals surface area contributed by atoms with Crippen LogP contribution in [0.15, 0.2) is 42.0 Å². The lowest BCUT2D eigenvalue weighted by Crippen LogP contribution is -2.37. The van der Waals surface area contributed by atoms with Crippen LogP contribution in [-0.2, 0) is 0 Å². The summed E-state index contributed by atoms with van der Waals surface area (Å²) in [6.07, 6.45) is 1.63. The normalized spacial score (nSPS) is 20.4. The third-order valence-corrected chi connectivity index (χ3v) is 5.76. The van der Waals surface area contributed by atoms with Crippen molar-refractivity contribution in [2.24, 2.45) is 0 Å². The van der Waals surface area contributed by atoms with Crippen molar-refractivity contribution in [1.29, 1.82) is 0 Å². The molecule has 4 nitrogen and oxygen atoms in total. The number of nitrogens with zero attached hydrogens (tertiary/aromatic N) is 1. The van der Waals surface area contributed by atoms with Gasteiger partial charge in [0.15, 0.2) is 11.5 Å². The largest absolute Gasteiger partial charge is 0.486 e. The molecule has 6 heteroatoms. The molecular weight excluding hydrogens is 369 g/mol. The molecule has 2 aromatic carbocycles. The predicted molar refractivity (Wildman–Crippen MR) is 99.8 cm³/mol. The van der Waals surface area contributed by atoms with Crippen molar-refractivity contribution >= 4 is 23.1 Å². The monoisotopic (exact) mass is 385 g/mol. The van der Waals surface area contributed by atoms with Crippen molar-refractivity contribution in [3.63, 3.8) is 0 Å². The van der Waals surface area contributed by atoms with Crippen LogP contribution < -0.4 is 9.47 Å². The van der Waals surface area contributed by atoms with Crippen LogP contribution in [0.4, 0.5) is 4.39 Å². The van der Waals surface area contributed by atoms with E-state index in [0.29, 0.717) is 36.8 Å². The minimum Gasteiger partial charge on any atom is -0.486 e. The van der Waals surface area contributed by atoms with E-state index < -0.39 is 5.82 Å². The van der Waals surface area contributed by atoms with Gasteiger partial charge < -0.3 is 14.4 Å². The van der Waals surface area contributed by atoms with Crippen LogP contribution in [-0.4, -0.2) is 36.6 Å². The molecule has 2 aromatic rings. The minimum absolute atomic E-state index is 0.00293. The molecule has 0 aromatic heterocycles. The van der Waals surface area contributed by atoms with Gasteiger partial charge >= 0.3 is 0 Å². The van der Waals surface area contributed by atoms with Gasteiger partial charge in [0, 0.05) is 18.2 Å². The Hall–Kier alpha value is -2.53. The van der Waals surface area contributed by atoms with E-state index in [1.165, 1.54) is 17.2 Å². The first-order chi connectivity index (χ1) is 13.1. The molecule has 3 aliphatic rings. The van der Waals surface area contributed by atoms with E-state index in [2.05, 4.69) is 0 Å². The van der Waals surface area contributed by atoms with E-state index in [-0.39, 0.29) is 17.0 Å². The molecule has 2 aliphatic heterocycles. The molecule has 2 bridgehead atoms. The number of carbonyl (C=O) groups excluding carboxylic acids is 1. The summed E-state index contributed by atoms with van der Waals surface area (Å²) in [6.45, 7) is 1.62. The fraction of sp³-hybridized carbons (Fsp3) is 0.286. The van der Waals surface area contributed by atoms with Gasteiger partial charge in [0.1, 0.15) is 19.0 Å². The molecule has 0 N–H and O–H groups in total. The molecule has 0 spiro atoms. The number of benzene rings is 2. The molecule has 1 aliphatic carbocycles. The molecule has 1 atom stereocenters. The number of halogens is 2. The average Bonchev–Trinajstić information content (AvgIpc) is 3.30.